The molecule has 0 spiro atoms. The summed E-state index contributed by atoms with van der Waals surface area (Å²) in [6, 6.07) is 7.66. The number of nitrogens with one attached hydrogen (secondary N) is 1. The van der Waals surface area contributed by atoms with Gasteiger partial charge in [-0.15, -0.1) is 11.8 Å². The molecular formula is C13H16N4OS2. The first-order valence-corrected chi connectivity index (χ1v) is 7.94. The Morgan fingerprint density at radius 3 is 2.50 bits per heavy atom. The van der Waals surface area contributed by atoms with E-state index in [1.54, 1.807) is 11.8 Å². The van der Waals surface area contributed by atoms with Crippen LogP contribution in [0.1, 0.15) is 9.67 Å². The quantitative estimate of drug-likeness (QED) is 0.850. The maximum absolute atomic E-state index is 12.2. The number of amides is 1. The molecule has 0 saturated heterocycles. The van der Waals surface area contributed by atoms with Crippen molar-refractivity contribution in [1.29, 1.82) is 0 Å². The van der Waals surface area contributed by atoms with Crippen LogP contribution in [-0.2, 0) is 0 Å². The largest absolute Gasteiger partial charge is 0.382 e. The zero-order valence-corrected chi connectivity index (χ0v) is 13.1. The van der Waals surface area contributed by atoms with Crippen LogP contribution in [0.25, 0.3) is 0 Å². The molecule has 2 rings (SSSR count). The van der Waals surface area contributed by atoms with E-state index in [2.05, 4.69) is 10.3 Å². The van der Waals surface area contributed by atoms with Gasteiger partial charge >= 0.3 is 0 Å². The van der Waals surface area contributed by atoms with E-state index in [9.17, 15) is 4.79 Å². The van der Waals surface area contributed by atoms with Crippen LogP contribution in [0, 0.1) is 0 Å². The second-order valence-electron chi connectivity index (χ2n) is 4.29. The summed E-state index contributed by atoms with van der Waals surface area (Å²) < 4.78 is 0. The van der Waals surface area contributed by atoms with Gasteiger partial charge < -0.3 is 16.0 Å². The normalized spacial score (nSPS) is 10.3. The van der Waals surface area contributed by atoms with E-state index >= 15 is 0 Å². The van der Waals surface area contributed by atoms with Gasteiger partial charge in [0.15, 0.2) is 5.13 Å². The molecule has 3 N–H and O–H groups in total. The molecule has 0 unspecified atom stereocenters. The number of rotatable bonds is 4. The highest BCUT2D eigenvalue weighted by molar-refractivity contribution is 7.98. The van der Waals surface area contributed by atoms with Gasteiger partial charge in [0.05, 0.1) is 0 Å². The number of nitrogens with two attached hydrogens (primary N) is 1. The third-order valence-corrected chi connectivity index (χ3v) is 4.56. The first-order chi connectivity index (χ1) is 9.51. The summed E-state index contributed by atoms with van der Waals surface area (Å²) in [5.74, 6) is 0.0296. The van der Waals surface area contributed by atoms with Crippen molar-refractivity contribution in [3.8, 4) is 0 Å². The highest BCUT2D eigenvalue weighted by Crippen LogP contribution is 2.27. The zero-order valence-electron chi connectivity index (χ0n) is 11.5. The topological polar surface area (TPSA) is 71.2 Å². The van der Waals surface area contributed by atoms with Gasteiger partial charge in [-0.3, -0.25) is 4.79 Å². The fraction of sp³-hybridized carbons (Fsp3) is 0.231. The summed E-state index contributed by atoms with van der Waals surface area (Å²) in [5.41, 5.74) is 6.53. The predicted octanol–water partition coefficient (Wildman–Crippen LogP) is 2.77. The van der Waals surface area contributed by atoms with Crippen molar-refractivity contribution in [3.05, 3.63) is 29.1 Å². The van der Waals surface area contributed by atoms with Gasteiger partial charge in [-0.25, -0.2) is 4.98 Å². The lowest BCUT2D eigenvalue weighted by Gasteiger charge is -2.05. The Morgan fingerprint density at radius 2 is 2.00 bits per heavy atom. The zero-order chi connectivity index (χ0) is 14.7. The molecule has 7 heteroatoms. The van der Waals surface area contributed by atoms with Crippen molar-refractivity contribution in [2.75, 3.05) is 36.3 Å². The summed E-state index contributed by atoms with van der Waals surface area (Å²) >= 11 is 2.93. The Morgan fingerprint density at radius 1 is 1.35 bits per heavy atom. The summed E-state index contributed by atoms with van der Waals surface area (Å²) in [7, 11) is 3.72. The molecule has 0 bridgehead atoms. The Labute approximate surface area is 126 Å². The van der Waals surface area contributed by atoms with Gasteiger partial charge in [-0.2, -0.15) is 0 Å². The number of thiazole rings is 1. The van der Waals surface area contributed by atoms with Crippen molar-refractivity contribution in [1.82, 2.24) is 4.98 Å². The van der Waals surface area contributed by atoms with Crippen molar-refractivity contribution >= 4 is 45.6 Å². The Hall–Kier alpha value is -1.73. The second kappa shape index (κ2) is 6.15. The fourth-order valence-corrected chi connectivity index (χ4v) is 2.75. The van der Waals surface area contributed by atoms with Crippen LogP contribution in [0.2, 0.25) is 0 Å². The molecule has 20 heavy (non-hydrogen) atoms. The number of anilines is 3. The highest BCUT2D eigenvalue weighted by atomic mass is 32.2. The fourth-order valence-electron chi connectivity index (χ4n) is 1.54. The molecule has 0 atom stereocenters. The van der Waals surface area contributed by atoms with E-state index in [1.165, 1.54) is 11.3 Å². The lowest BCUT2D eigenvalue weighted by atomic mass is 10.3. The van der Waals surface area contributed by atoms with Gasteiger partial charge in [0.2, 0.25) is 0 Å². The molecule has 106 valence electrons. The van der Waals surface area contributed by atoms with E-state index in [-0.39, 0.29) is 11.7 Å². The maximum atomic E-state index is 12.2. The van der Waals surface area contributed by atoms with E-state index < -0.39 is 0 Å². The number of aromatic nitrogens is 1. The van der Waals surface area contributed by atoms with Crippen LogP contribution in [0.15, 0.2) is 29.2 Å². The van der Waals surface area contributed by atoms with Crippen molar-refractivity contribution in [3.63, 3.8) is 0 Å². The minimum Gasteiger partial charge on any atom is -0.382 e. The molecule has 0 radical (unpaired) electrons. The van der Waals surface area contributed by atoms with Crippen LogP contribution < -0.4 is 16.0 Å². The summed E-state index contributed by atoms with van der Waals surface area (Å²) in [6.07, 6.45) is 2.01. The van der Waals surface area contributed by atoms with E-state index in [0.29, 0.717) is 10.0 Å². The van der Waals surface area contributed by atoms with Crippen LogP contribution in [0.3, 0.4) is 0 Å². The van der Waals surface area contributed by atoms with Gasteiger partial charge in [0.25, 0.3) is 5.91 Å². The van der Waals surface area contributed by atoms with Gasteiger partial charge in [-0.1, -0.05) is 11.3 Å². The Bertz CT molecular complexity index is 607. The standard InChI is InChI=1S/C13H16N4OS2/c1-17(2)13-16-11(14)10(20-13)12(18)15-8-4-6-9(19-3)7-5-8/h4-7H,14H2,1-3H3,(H,15,18). The third-order valence-electron chi connectivity index (χ3n) is 2.58. The first kappa shape index (κ1) is 14.7. The van der Waals surface area contributed by atoms with E-state index in [4.69, 9.17) is 5.73 Å². The van der Waals surface area contributed by atoms with Crippen LogP contribution in [0.4, 0.5) is 16.6 Å². The monoisotopic (exact) mass is 308 g/mol. The number of hydrogen-bond donors (Lipinski definition) is 2. The lowest BCUT2D eigenvalue weighted by Crippen LogP contribution is -2.12. The van der Waals surface area contributed by atoms with Crippen LogP contribution in [0.5, 0.6) is 0 Å². The molecular weight excluding hydrogens is 292 g/mol. The Kier molecular flexibility index (Phi) is 4.51. The molecule has 0 aliphatic heterocycles. The molecule has 5 nitrogen and oxygen atoms in total. The van der Waals surface area contributed by atoms with Gasteiger partial charge in [-0.05, 0) is 30.5 Å². The number of hydrogen-bond acceptors (Lipinski definition) is 6. The summed E-state index contributed by atoms with van der Waals surface area (Å²) in [5, 5.41) is 3.54. The SMILES string of the molecule is CSc1ccc(NC(=O)c2sc(N(C)C)nc2N)cc1. The Balaban J connectivity index is 2.14. The number of carbonyl (C=O) groups is 1. The van der Waals surface area contributed by atoms with E-state index in [0.717, 1.165) is 10.6 Å². The smallest absolute Gasteiger partial charge is 0.269 e. The minimum absolute atomic E-state index is 0.231. The number of nitrogens with zero attached hydrogens (tertiary/aromatic N) is 2. The van der Waals surface area contributed by atoms with Gasteiger partial charge in [0, 0.05) is 24.7 Å². The van der Waals surface area contributed by atoms with E-state index in [1.807, 2.05) is 49.5 Å². The molecule has 0 fully saturated rings. The molecule has 1 amide bonds. The van der Waals surface area contributed by atoms with Crippen molar-refractivity contribution in [2.24, 2.45) is 0 Å². The van der Waals surface area contributed by atoms with Crippen LogP contribution in [-0.4, -0.2) is 31.2 Å². The number of carbonyl (C=O) groups excluding carboxylic acids is 1. The third kappa shape index (κ3) is 3.23. The van der Waals surface area contributed by atoms with Crippen molar-refractivity contribution in [2.45, 2.75) is 4.90 Å². The molecule has 0 aliphatic rings. The first-order valence-electron chi connectivity index (χ1n) is 5.90. The number of thioether (sulfide) groups is 1. The molecule has 1 heterocycles. The summed E-state index contributed by atoms with van der Waals surface area (Å²) in [4.78, 5) is 19.7. The molecule has 1 aromatic carbocycles. The predicted molar refractivity (Wildman–Crippen MR) is 87.0 cm³/mol. The maximum Gasteiger partial charge on any atom is 0.269 e. The molecule has 1 aromatic heterocycles. The minimum atomic E-state index is -0.231. The number of benzene rings is 1. The highest BCUT2D eigenvalue weighted by Gasteiger charge is 2.17. The molecule has 0 aliphatic carbocycles. The van der Waals surface area contributed by atoms with Gasteiger partial charge in [0.1, 0.15) is 10.7 Å². The number of nitrogen functional groups attached to an aromatic ring is 1. The average Bonchev–Trinajstić information content (AvgIpc) is 2.82. The second-order valence-corrected chi connectivity index (χ2v) is 6.15. The van der Waals surface area contributed by atoms with Crippen LogP contribution >= 0.6 is 23.1 Å². The lowest BCUT2D eigenvalue weighted by molar-refractivity contribution is 0.103. The molecule has 0 saturated carbocycles. The summed E-state index contributed by atoms with van der Waals surface area (Å²) in [6.45, 7) is 0. The van der Waals surface area contributed by atoms with Crippen molar-refractivity contribution < 1.29 is 4.79 Å². The average molecular weight is 308 g/mol. The molecule has 2 aromatic rings.